The number of hydrogen-bond donors (Lipinski definition) is 0. The van der Waals surface area contributed by atoms with E-state index in [2.05, 4.69) is 0 Å². The number of hydrogen-bond acceptors (Lipinski definition) is 5. The van der Waals surface area contributed by atoms with E-state index in [1.807, 2.05) is 76.3 Å². The van der Waals surface area contributed by atoms with Gasteiger partial charge in [0.1, 0.15) is 12.4 Å². The number of thioether (sulfide) groups is 1. The fourth-order valence-corrected chi connectivity index (χ4v) is 5.69. The predicted molar refractivity (Wildman–Crippen MR) is 152 cm³/mol. The summed E-state index contributed by atoms with van der Waals surface area (Å²) in [6, 6.07) is 23.0. The van der Waals surface area contributed by atoms with E-state index in [1.54, 1.807) is 12.1 Å². The topological polar surface area (TPSA) is 67.1 Å². The molecule has 6 rings (SSSR count). The third-order valence-electron chi connectivity index (χ3n) is 6.65. The summed E-state index contributed by atoms with van der Waals surface area (Å²) in [5.41, 5.74) is 2.98. The number of carbonyl (C=O) groups is 2. The number of rotatable bonds is 5. The predicted octanol–water partition coefficient (Wildman–Crippen LogP) is 5.45. The van der Waals surface area contributed by atoms with E-state index in [9.17, 15) is 14.0 Å². The summed E-state index contributed by atoms with van der Waals surface area (Å²) >= 11 is 1.27. The molecule has 0 atom stereocenters. The number of fused-ring (bicyclic) bond motifs is 1. The normalized spacial score (nSPS) is 18.0. The molecule has 196 valence electrons. The summed E-state index contributed by atoms with van der Waals surface area (Å²) in [5.74, 6) is -0.596. The number of ether oxygens (including phenoxy) is 1. The van der Waals surface area contributed by atoms with Crippen molar-refractivity contribution in [1.29, 1.82) is 0 Å². The first-order valence-electron chi connectivity index (χ1n) is 12.6. The Hall–Kier alpha value is -4.21. The highest BCUT2D eigenvalue weighted by atomic mass is 32.2. The Balaban J connectivity index is 1.37. The molecular weight excluding hydrogens is 515 g/mol. The average molecular weight is 541 g/mol. The van der Waals surface area contributed by atoms with Crippen LogP contribution >= 0.6 is 11.8 Å². The van der Waals surface area contributed by atoms with Crippen molar-refractivity contribution in [2.24, 2.45) is 4.99 Å². The summed E-state index contributed by atoms with van der Waals surface area (Å²) in [4.78, 5) is 35.2. The number of amides is 2. The maximum atomic E-state index is 13.7. The highest BCUT2D eigenvalue weighted by molar-refractivity contribution is 8.19. The van der Waals surface area contributed by atoms with Gasteiger partial charge in [0, 0.05) is 35.8 Å². The SMILES string of the molecule is O=C(Cn1cc(C=C2SC(=Nc3ccccc3)N(c3ccc(F)cc3)C2=O)c2ccccc21)N1CCOCC1. The summed E-state index contributed by atoms with van der Waals surface area (Å²) < 4.78 is 21.0. The highest BCUT2D eigenvalue weighted by Gasteiger charge is 2.35. The van der Waals surface area contributed by atoms with E-state index < -0.39 is 0 Å². The lowest BCUT2D eigenvalue weighted by molar-refractivity contribution is -0.135. The van der Waals surface area contributed by atoms with Gasteiger partial charge >= 0.3 is 0 Å². The van der Waals surface area contributed by atoms with E-state index in [0.29, 0.717) is 47.8 Å². The van der Waals surface area contributed by atoms with E-state index in [1.165, 1.54) is 28.8 Å². The molecule has 7 nitrogen and oxygen atoms in total. The van der Waals surface area contributed by atoms with Gasteiger partial charge in [-0.25, -0.2) is 9.38 Å². The number of para-hydroxylation sites is 2. The molecule has 0 spiro atoms. The monoisotopic (exact) mass is 540 g/mol. The van der Waals surface area contributed by atoms with Gasteiger partial charge in [0.05, 0.1) is 29.5 Å². The Kier molecular flexibility index (Phi) is 7.00. The van der Waals surface area contributed by atoms with E-state index in [4.69, 9.17) is 9.73 Å². The maximum Gasteiger partial charge on any atom is 0.271 e. The van der Waals surface area contributed by atoms with Gasteiger partial charge in [-0.3, -0.25) is 14.5 Å². The fourth-order valence-electron chi connectivity index (χ4n) is 4.70. The number of nitrogens with zero attached hydrogens (tertiary/aromatic N) is 4. The second kappa shape index (κ2) is 10.9. The number of carbonyl (C=O) groups excluding carboxylic acids is 2. The van der Waals surface area contributed by atoms with Crippen LogP contribution in [0, 0.1) is 5.82 Å². The zero-order chi connectivity index (χ0) is 26.8. The summed E-state index contributed by atoms with van der Waals surface area (Å²) in [7, 11) is 0. The molecule has 2 aliphatic heterocycles. The van der Waals surface area contributed by atoms with Crippen molar-refractivity contribution in [3.05, 3.63) is 101 Å². The Morgan fingerprint density at radius 2 is 1.69 bits per heavy atom. The lowest BCUT2D eigenvalue weighted by atomic mass is 10.1. The Morgan fingerprint density at radius 1 is 0.974 bits per heavy atom. The third kappa shape index (κ3) is 5.23. The Bertz CT molecular complexity index is 1590. The molecule has 2 saturated heterocycles. The van der Waals surface area contributed by atoms with Crippen LogP contribution in [0.1, 0.15) is 5.56 Å². The van der Waals surface area contributed by atoms with Crippen molar-refractivity contribution in [2.45, 2.75) is 6.54 Å². The molecule has 0 unspecified atom stereocenters. The van der Waals surface area contributed by atoms with Crippen molar-refractivity contribution in [2.75, 3.05) is 31.2 Å². The molecular formula is C30H25FN4O3S. The number of amidine groups is 1. The van der Waals surface area contributed by atoms with Gasteiger partial charge in [-0.2, -0.15) is 0 Å². The van der Waals surface area contributed by atoms with Crippen LogP contribution in [0.25, 0.3) is 17.0 Å². The van der Waals surface area contributed by atoms with Crippen molar-refractivity contribution in [3.63, 3.8) is 0 Å². The number of anilines is 1. The van der Waals surface area contributed by atoms with Crippen molar-refractivity contribution in [3.8, 4) is 0 Å². The van der Waals surface area contributed by atoms with Crippen LogP contribution in [0.2, 0.25) is 0 Å². The lowest BCUT2D eigenvalue weighted by Gasteiger charge is -2.27. The van der Waals surface area contributed by atoms with E-state index in [-0.39, 0.29) is 24.2 Å². The van der Waals surface area contributed by atoms with Gasteiger partial charge in [-0.05, 0) is 60.3 Å². The highest BCUT2D eigenvalue weighted by Crippen LogP contribution is 2.38. The zero-order valence-corrected chi connectivity index (χ0v) is 21.8. The van der Waals surface area contributed by atoms with E-state index in [0.717, 1.165) is 16.5 Å². The minimum absolute atomic E-state index is 0.0318. The van der Waals surface area contributed by atoms with Crippen molar-refractivity contribution in [1.82, 2.24) is 9.47 Å². The minimum Gasteiger partial charge on any atom is -0.378 e. The Morgan fingerprint density at radius 3 is 2.46 bits per heavy atom. The molecule has 2 aliphatic rings. The number of benzene rings is 3. The first-order chi connectivity index (χ1) is 19.1. The van der Waals surface area contributed by atoms with Crippen LogP contribution in [0.5, 0.6) is 0 Å². The fraction of sp³-hybridized carbons (Fsp3) is 0.167. The van der Waals surface area contributed by atoms with Crippen LogP contribution < -0.4 is 4.90 Å². The van der Waals surface area contributed by atoms with Crippen LogP contribution in [0.4, 0.5) is 15.8 Å². The van der Waals surface area contributed by atoms with Crippen LogP contribution in [-0.4, -0.2) is 52.8 Å². The molecule has 0 aliphatic carbocycles. The van der Waals surface area contributed by atoms with Gasteiger partial charge in [0.25, 0.3) is 5.91 Å². The number of morpholine rings is 1. The standard InChI is InChI=1S/C30H25FN4O3S/c31-22-10-12-24(13-11-22)35-29(37)27(39-30(35)32-23-6-2-1-3-7-23)18-21-19-34(26-9-5-4-8-25(21)26)20-28(36)33-14-16-38-17-15-33/h1-13,18-19H,14-17,20H2. The molecule has 9 heteroatoms. The summed E-state index contributed by atoms with van der Waals surface area (Å²) in [6.45, 7) is 2.47. The zero-order valence-electron chi connectivity index (χ0n) is 21.0. The van der Waals surface area contributed by atoms with Crippen LogP contribution in [-0.2, 0) is 20.9 Å². The molecule has 0 bridgehead atoms. The molecule has 0 saturated carbocycles. The summed E-state index contributed by atoms with van der Waals surface area (Å²) in [6.07, 6.45) is 3.76. The van der Waals surface area contributed by atoms with Crippen molar-refractivity contribution < 1.29 is 18.7 Å². The summed E-state index contributed by atoms with van der Waals surface area (Å²) in [5, 5.41) is 1.42. The Labute approximate surface area is 229 Å². The average Bonchev–Trinajstić information content (AvgIpc) is 3.46. The number of halogens is 1. The van der Waals surface area contributed by atoms with Crippen LogP contribution in [0.15, 0.2) is 95.0 Å². The number of aromatic nitrogens is 1. The smallest absolute Gasteiger partial charge is 0.271 e. The van der Waals surface area contributed by atoms with Gasteiger partial charge in [0.15, 0.2) is 5.17 Å². The molecule has 1 aromatic heterocycles. The molecule has 3 heterocycles. The molecule has 0 N–H and O–H groups in total. The molecule has 4 aromatic rings. The molecule has 2 fully saturated rings. The second-order valence-electron chi connectivity index (χ2n) is 9.18. The molecule has 0 radical (unpaired) electrons. The van der Waals surface area contributed by atoms with Crippen LogP contribution in [0.3, 0.4) is 0 Å². The van der Waals surface area contributed by atoms with Gasteiger partial charge in [-0.1, -0.05) is 36.4 Å². The molecule has 39 heavy (non-hydrogen) atoms. The first kappa shape index (κ1) is 25.1. The second-order valence-corrected chi connectivity index (χ2v) is 10.2. The number of aliphatic imine (C=N–C) groups is 1. The van der Waals surface area contributed by atoms with Gasteiger partial charge < -0.3 is 14.2 Å². The maximum absolute atomic E-state index is 13.7. The largest absolute Gasteiger partial charge is 0.378 e. The molecule has 2 amide bonds. The lowest BCUT2D eigenvalue weighted by Crippen LogP contribution is -2.42. The minimum atomic E-state index is -0.380. The van der Waals surface area contributed by atoms with E-state index >= 15 is 0 Å². The van der Waals surface area contributed by atoms with Crippen molar-refractivity contribution >= 4 is 57.1 Å². The molecule has 3 aromatic carbocycles. The van der Waals surface area contributed by atoms with Gasteiger partial charge in [0.2, 0.25) is 5.91 Å². The third-order valence-corrected chi connectivity index (χ3v) is 7.62. The first-order valence-corrected chi connectivity index (χ1v) is 13.5. The quantitative estimate of drug-likeness (QED) is 0.316. The van der Waals surface area contributed by atoms with Gasteiger partial charge in [-0.15, -0.1) is 0 Å².